The fourth-order valence-electron chi connectivity index (χ4n) is 1.46. The van der Waals surface area contributed by atoms with Crippen molar-refractivity contribution in [3.8, 4) is 0 Å². The van der Waals surface area contributed by atoms with Crippen LogP contribution in [-0.2, 0) is 0 Å². The van der Waals surface area contributed by atoms with Gasteiger partial charge >= 0.3 is 0 Å². The van der Waals surface area contributed by atoms with Crippen molar-refractivity contribution in [2.45, 2.75) is 33.2 Å². The van der Waals surface area contributed by atoms with Crippen molar-refractivity contribution < 1.29 is 4.79 Å². The van der Waals surface area contributed by atoms with E-state index in [4.69, 9.17) is 5.73 Å². The quantitative estimate of drug-likeness (QED) is 0.722. The van der Waals surface area contributed by atoms with Crippen molar-refractivity contribution in [2.24, 2.45) is 11.7 Å². The SMILES string of the molecule is Cc1[nH]ccc1C(=O)NC(C)(CN)C(C)C. The zero-order chi connectivity index (χ0) is 12.3. The Bertz CT molecular complexity index is 370. The first-order chi connectivity index (χ1) is 7.40. The molecule has 90 valence electrons. The van der Waals surface area contributed by atoms with E-state index in [2.05, 4.69) is 24.1 Å². The predicted octanol–water partition coefficient (Wildman–Crippen LogP) is 1.43. The van der Waals surface area contributed by atoms with Crippen LogP contribution in [0.25, 0.3) is 0 Å². The minimum Gasteiger partial charge on any atom is -0.365 e. The number of nitrogens with two attached hydrogens (primary N) is 1. The maximum absolute atomic E-state index is 12.0. The van der Waals surface area contributed by atoms with Gasteiger partial charge in [-0.2, -0.15) is 0 Å². The Hall–Kier alpha value is -1.29. The van der Waals surface area contributed by atoms with Crippen molar-refractivity contribution in [1.29, 1.82) is 0 Å². The van der Waals surface area contributed by atoms with E-state index in [1.807, 2.05) is 13.8 Å². The van der Waals surface area contributed by atoms with Crippen LogP contribution in [0.15, 0.2) is 12.3 Å². The Morgan fingerprint density at radius 1 is 1.62 bits per heavy atom. The van der Waals surface area contributed by atoms with Gasteiger partial charge in [0.1, 0.15) is 0 Å². The van der Waals surface area contributed by atoms with Crippen molar-refractivity contribution in [2.75, 3.05) is 6.54 Å². The molecule has 4 heteroatoms. The van der Waals surface area contributed by atoms with Gasteiger partial charge in [-0.25, -0.2) is 0 Å². The standard InChI is InChI=1S/C12H21N3O/c1-8(2)12(4,7-13)15-11(16)10-5-6-14-9(10)3/h5-6,8,14H,7,13H2,1-4H3,(H,15,16). The molecule has 1 aromatic rings. The molecule has 0 aliphatic carbocycles. The highest BCUT2D eigenvalue weighted by atomic mass is 16.1. The van der Waals surface area contributed by atoms with Crippen LogP contribution in [0.1, 0.15) is 36.8 Å². The number of carbonyl (C=O) groups is 1. The zero-order valence-electron chi connectivity index (χ0n) is 10.4. The number of hydrogen-bond acceptors (Lipinski definition) is 2. The van der Waals surface area contributed by atoms with E-state index in [9.17, 15) is 4.79 Å². The highest BCUT2D eigenvalue weighted by Gasteiger charge is 2.29. The molecule has 1 unspecified atom stereocenters. The predicted molar refractivity (Wildman–Crippen MR) is 65.3 cm³/mol. The number of H-pyrrole nitrogens is 1. The second-order valence-electron chi connectivity index (χ2n) is 4.75. The monoisotopic (exact) mass is 223 g/mol. The Morgan fingerprint density at radius 2 is 2.25 bits per heavy atom. The molecule has 1 aromatic heterocycles. The molecular weight excluding hydrogens is 202 g/mol. The molecular formula is C12H21N3O. The van der Waals surface area contributed by atoms with Crippen LogP contribution in [0.3, 0.4) is 0 Å². The van der Waals surface area contributed by atoms with E-state index >= 15 is 0 Å². The molecule has 0 spiro atoms. The summed E-state index contributed by atoms with van der Waals surface area (Å²) >= 11 is 0. The van der Waals surface area contributed by atoms with E-state index < -0.39 is 0 Å². The lowest BCUT2D eigenvalue weighted by Crippen LogP contribution is -2.55. The summed E-state index contributed by atoms with van der Waals surface area (Å²) in [4.78, 5) is 15.0. The molecule has 0 aliphatic rings. The normalized spacial score (nSPS) is 14.9. The van der Waals surface area contributed by atoms with E-state index in [0.717, 1.165) is 5.69 Å². The third-order valence-electron chi connectivity index (χ3n) is 3.30. The number of rotatable bonds is 4. The first kappa shape index (κ1) is 12.8. The Labute approximate surface area is 96.6 Å². The lowest BCUT2D eigenvalue weighted by Gasteiger charge is -2.33. The van der Waals surface area contributed by atoms with Gasteiger partial charge in [-0.1, -0.05) is 13.8 Å². The van der Waals surface area contributed by atoms with Gasteiger partial charge in [-0.05, 0) is 25.8 Å². The molecule has 0 saturated carbocycles. The van der Waals surface area contributed by atoms with Crippen molar-refractivity contribution in [3.63, 3.8) is 0 Å². The minimum absolute atomic E-state index is 0.0691. The van der Waals surface area contributed by atoms with E-state index in [1.54, 1.807) is 12.3 Å². The molecule has 1 rings (SSSR count). The zero-order valence-corrected chi connectivity index (χ0v) is 10.4. The average molecular weight is 223 g/mol. The lowest BCUT2D eigenvalue weighted by atomic mass is 9.88. The molecule has 1 heterocycles. The average Bonchev–Trinajstić information content (AvgIpc) is 2.64. The fraction of sp³-hybridized carbons (Fsp3) is 0.583. The van der Waals surface area contributed by atoms with Crippen molar-refractivity contribution in [1.82, 2.24) is 10.3 Å². The number of hydrogen-bond donors (Lipinski definition) is 3. The van der Waals surface area contributed by atoms with Gasteiger partial charge in [0.15, 0.2) is 0 Å². The molecule has 1 amide bonds. The maximum Gasteiger partial charge on any atom is 0.253 e. The van der Waals surface area contributed by atoms with Gasteiger partial charge in [0.2, 0.25) is 0 Å². The smallest absolute Gasteiger partial charge is 0.253 e. The maximum atomic E-state index is 12.0. The minimum atomic E-state index is -0.360. The number of aryl methyl sites for hydroxylation is 1. The molecule has 4 nitrogen and oxygen atoms in total. The van der Waals surface area contributed by atoms with Gasteiger partial charge < -0.3 is 16.0 Å². The molecule has 0 radical (unpaired) electrons. The van der Waals surface area contributed by atoms with Crippen LogP contribution in [0.4, 0.5) is 0 Å². The molecule has 1 atom stereocenters. The summed E-state index contributed by atoms with van der Waals surface area (Å²) in [5.41, 5.74) is 6.92. The lowest BCUT2D eigenvalue weighted by molar-refractivity contribution is 0.0883. The summed E-state index contributed by atoms with van der Waals surface area (Å²) in [6.07, 6.45) is 1.76. The van der Waals surface area contributed by atoms with Gasteiger partial charge in [-0.3, -0.25) is 4.79 Å². The number of aromatic nitrogens is 1. The number of carbonyl (C=O) groups excluding carboxylic acids is 1. The van der Waals surface area contributed by atoms with Crippen molar-refractivity contribution in [3.05, 3.63) is 23.5 Å². The summed E-state index contributed by atoms with van der Waals surface area (Å²) < 4.78 is 0. The van der Waals surface area contributed by atoms with Gasteiger partial charge in [-0.15, -0.1) is 0 Å². The highest BCUT2D eigenvalue weighted by molar-refractivity contribution is 5.95. The fourth-order valence-corrected chi connectivity index (χ4v) is 1.46. The summed E-state index contributed by atoms with van der Waals surface area (Å²) in [5, 5.41) is 3.00. The largest absolute Gasteiger partial charge is 0.365 e. The molecule has 0 aromatic carbocycles. The number of amides is 1. The van der Waals surface area contributed by atoms with E-state index in [-0.39, 0.29) is 11.4 Å². The van der Waals surface area contributed by atoms with E-state index in [1.165, 1.54) is 0 Å². The Morgan fingerprint density at radius 3 is 2.62 bits per heavy atom. The van der Waals surface area contributed by atoms with E-state index in [0.29, 0.717) is 18.0 Å². The third kappa shape index (κ3) is 2.44. The van der Waals surface area contributed by atoms with Gasteiger partial charge in [0.25, 0.3) is 5.91 Å². The third-order valence-corrected chi connectivity index (χ3v) is 3.30. The summed E-state index contributed by atoms with van der Waals surface area (Å²) in [5.74, 6) is 0.223. The van der Waals surface area contributed by atoms with Crippen molar-refractivity contribution >= 4 is 5.91 Å². The Balaban J connectivity index is 2.82. The summed E-state index contributed by atoms with van der Waals surface area (Å²) in [6, 6.07) is 1.78. The highest BCUT2D eigenvalue weighted by Crippen LogP contribution is 2.16. The van der Waals surface area contributed by atoms with Crippen LogP contribution < -0.4 is 11.1 Å². The summed E-state index contributed by atoms with van der Waals surface area (Å²) in [6.45, 7) is 8.38. The Kier molecular flexibility index (Phi) is 3.75. The second kappa shape index (κ2) is 4.70. The molecule has 0 fully saturated rings. The number of aromatic amines is 1. The van der Waals surface area contributed by atoms with Gasteiger partial charge in [0, 0.05) is 18.4 Å². The molecule has 4 N–H and O–H groups in total. The summed E-state index contributed by atoms with van der Waals surface area (Å²) in [7, 11) is 0. The number of nitrogens with one attached hydrogen (secondary N) is 2. The molecule has 0 saturated heterocycles. The first-order valence-electron chi connectivity index (χ1n) is 5.57. The van der Waals surface area contributed by atoms with Crippen LogP contribution in [0, 0.1) is 12.8 Å². The van der Waals surface area contributed by atoms with Crippen LogP contribution in [0.2, 0.25) is 0 Å². The molecule has 0 aliphatic heterocycles. The first-order valence-corrected chi connectivity index (χ1v) is 5.57. The van der Waals surface area contributed by atoms with Crippen LogP contribution in [-0.4, -0.2) is 23.0 Å². The van der Waals surface area contributed by atoms with Crippen LogP contribution >= 0.6 is 0 Å². The second-order valence-corrected chi connectivity index (χ2v) is 4.75. The topological polar surface area (TPSA) is 70.9 Å². The molecule has 16 heavy (non-hydrogen) atoms. The van der Waals surface area contributed by atoms with Gasteiger partial charge in [0.05, 0.1) is 11.1 Å². The molecule has 0 bridgehead atoms. The van der Waals surface area contributed by atoms with Crippen LogP contribution in [0.5, 0.6) is 0 Å².